The van der Waals surface area contributed by atoms with Gasteiger partial charge in [-0.2, -0.15) is 0 Å². The fourth-order valence-corrected chi connectivity index (χ4v) is 3.11. The van der Waals surface area contributed by atoms with Crippen LogP contribution in [0, 0.1) is 11.8 Å². The van der Waals surface area contributed by atoms with E-state index in [-0.39, 0.29) is 5.84 Å². The van der Waals surface area contributed by atoms with Gasteiger partial charge in [-0.3, -0.25) is 4.90 Å². The molecule has 1 aromatic rings. The summed E-state index contributed by atoms with van der Waals surface area (Å²) in [4.78, 5) is 2.55. The predicted molar refractivity (Wildman–Crippen MR) is 81.8 cm³/mol. The highest BCUT2D eigenvalue weighted by Crippen LogP contribution is 2.28. The Bertz CT molecular complexity index is 469. The van der Waals surface area contributed by atoms with Gasteiger partial charge < -0.3 is 10.9 Å². The quantitative estimate of drug-likeness (QED) is 0.386. The number of piperidine rings is 1. The van der Waals surface area contributed by atoms with Gasteiger partial charge >= 0.3 is 0 Å². The summed E-state index contributed by atoms with van der Waals surface area (Å²) >= 11 is 0. The number of oxime groups is 1. The zero-order valence-corrected chi connectivity index (χ0v) is 12.6. The summed E-state index contributed by atoms with van der Waals surface area (Å²) in [7, 11) is 0. The monoisotopic (exact) mass is 275 g/mol. The molecule has 1 fully saturated rings. The number of hydrogen-bond donors (Lipinski definition) is 2. The minimum Gasteiger partial charge on any atom is -0.409 e. The van der Waals surface area contributed by atoms with Crippen molar-refractivity contribution in [2.75, 3.05) is 6.54 Å². The van der Waals surface area contributed by atoms with E-state index in [1.807, 2.05) is 12.1 Å². The average Bonchev–Trinajstić information content (AvgIpc) is 2.44. The molecule has 3 atom stereocenters. The van der Waals surface area contributed by atoms with Gasteiger partial charge in [-0.1, -0.05) is 43.3 Å². The molecule has 3 unspecified atom stereocenters. The Labute approximate surface area is 121 Å². The van der Waals surface area contributed by atoms with Crippen molar-refractivity contribution in [3.63, 3.8) is 0 Å². The van der Waals surface area contributed by atoms with Gasteiger partial charge in [0.2, 0.25) is 0 Å². The highest BCUT2D eigenvalue weighted by molar-refractivity contribution is 5.96. The summed E-state index contributed by atoms with van der Waals surface area (Å²) < 4.78 is 0. The van der Waals surface area contributed by atoms with Crippen LogP contribution in [0.4, 0.5) is 0 Å². The van der Waals surface area contributed by atoms with Gasteiger partial charge in [-0.05, 0) is 30.7 Å². The number of nitrogens with two attached hydrogens (primary N) is 1. The molecule has 0 bridgehead atoms. The first kappa shape index (κ1) is 14.9. The Balaban J connectivity index is 2.06. The zero-order valence-electron chi connectivity index (χ0n) is 12.6. The molecule has 1 saturated heterocycles. The second kappa shape index (κ2) is 6.27. The molecule has 4 nitrogen and oxygen atoms in total. The first-order valence-corrected chi connectivity index (χ1v) is 7.32. The van der Waals surface area contributed by atoms with Crippen molar-refractivity contribution in [1.29, 1.82) is 0 Å². The van der Waals surface area contributed by atoms with Crippen LogP contribution in [0.5, 0.6) is 0 Å². The van der Waals surface area contributed by atoms with Crippen LogP contribution in [-0.2, 0) is 6.54 Å². The van der Waals surface area contributed by atoms with Crippen LogP contribution in [0.1, 0.15) is 38.3 Å². The van der Waals surface area contributed by atoms with Gasteiger partial charge in [0.25, 0.3) is 0 Å². The molecule has 1 aliphatic heterocycles. The van der Waals surface area contributed by atoms with Crippen LogP contribution in [-0.4, -0.2) is 28.5 Å². The molecule has 0 saturated carbocycles. The van der Waals surface area contributed by atoms with E-state index in [9.17, 15) is 0 Å². The maximum atomic E-state index is 8.67. The lowest BCUT2D eigenvalue weighted by Crippen LogP contribution is -2.45. The van der Waals surface area contributed by atoms with Gasteiger partial charge in [0.15, 0.2) is 5.84 Å². The van der Waals surface area contributed by atoms with Gasteiger partial charge in [0, 0.05) is 24.7 Å². The van der Waals surface area contributed by atoms with Gasteiger partial charge in [0.05, 0.1) is 0 Å². The minimum atomic E-state index is 0.158. The van der Waals surface area contributed by atoms with E-state index in [4.69, 9.17) is 10.9 Å². The van der Waals surface area contributed by atoms with Gasteiger partial charge in [0.1, 0.15) is 0 Å². The molecule has 4 heteroatoms. The van der Waals surface area contributed by atoms with Crippen molar-refractivity contribution in [1.82, 2.24) is 4.90 Å². The minimum absolute atomic E-state index is 0.158. The second-order valence-electron chi connectivity index (χ2n) is 6.17. The van der Waals surface area contributed by atoms with Crippen LogP contribution >= 0.6 is 0 Å². The van der Waals surface area contributed by atoms with Crippen molar-refractivity contribution in [3.05, 3.63) is 35.4 Å². The number of amidine groups is 1. The summed E-state index contributed by atoms with van der Waals surface area (Å²) in [5, 5.41) is 11.7. The molecular formula is C16H25N3O. The molecule has 0 spiro atoms. The maximum Gasteiger partial charge on any atom is 0.170 e. The smallest absolute Gasteiger partial charge is 0.170 e. The molecule has 0 radical (unpaired) electrons. The topological polar surface area (TPSA) is 61.8 Å². The third-order valence-corrected chi connectivity index (χ3v) is 4.46. The Kier molecular flexibility index (Phi) is 4.65. The van der Waals surface area contributed by atoms with E-state index in [2.05, 4.69) is 43.0 Å². The number of rotatable bonds is 3. The summed E-state index contributed by atoms with van der Waals surface area (Å²) in [6.45, 7) is 9.12. The van der Waals surface area contributed by atoms with Gasteiger partial charge in [-0.25, -0.2) is 0 Å². The number of nitrogens with zero attached hydrogens (tertiary/aromatic N) is 2. The molecule has 3 N–H and O–H groups in total. The number of benzene rings is 1. The van der Waals surface area contributed by atoms with Gasteiger partial charge in [-0.15, -0.1) is 0 Å². The first-order chi connectivity index (χ1) is 9.51. The fourth-order valence-electron chi connectivity index (χ4n) is 3.11. The summed E-state index contributed by atoms with van der Waals surface area (Å²) in [6.07, 6.45) is 1.32. The lowest BCUT2D eigenvalue weighted by molar-refractivity contribution is 0.0729. The SMILES string of the molecule is CC1CC(C)C(C)N(Cc2ccc(/C(N)=N/O)cc2)C1. The molecule has 110 valence electrons. The van der Waals surface area contributed by atoms with Crippen LogP contribution in [0.2, 0.25) is 0 Å². The molecule has 0 aliphatic carbocycles. The van der Waals surface area contributed by atoms with E-state index < -0.39 is 0 Å². The molecule has 1 aromatic carbocycles. The van der Waals surface area contributed by atoms with Crippen molar-refractivity contribution < 1.29 is 5.21 Å². The zero-order chi connectivity index (χ0) is 14.7. The second-order valence-corrected chi connectivity index (χ2v) is 6.17. The molecule has 20 heavy (non-hydrogen) atoms. The van der Waals surface area contributed by atoms with Crippen LogP contribution in [0.3, 0.4) is 0 Å². The standard InChI is InChI=1S/C16H25N3O/c1-11-8-12(2)13(3)19(9-11)10-14-4-6-15(7-5-14)16(17)18-20/h4-7,11-13,20H,8-10H2,1-3H3,(H2,17,18). The molecule has 1 aliphatic rings. The van der Waals surface area contributed by atoms with Crippen molar-refractivity contribution in [3.8, 4) is 0 Å². The third kappa shape index (κ3) is 3.31. The molecule has 0 aromatic heterocycles. The van der Waals surface area contributed by atoms with E-state index in [0.29, 0.717) is 6.04 Å². The normalized spacial score (nSPS) is 28.6. The number of likely N-dealkylation sites (tertiary alicyclic amines) is 1. The van der Waals surface area contributed by atoms with E-state index in [1.54, 1.807) is 0 Å². The molecule has 2 rings (SSSR count). The fraction of sp³-hybridized carbons (Fsp3) is 0.562. The summed E-state index contributed by atoms with van der Waals surface area (Å²) in [6, 6.07) is 8.56. The Morgan fingerprint density at radius 1 is 1.30 bits per heavy atom. The Morgan fingerprint density at radius 3 is 2.55 bits per heavy atom. The maximum absolute atomic E-state index is 8.67. The first-order valence-electron chi connectivity index (χ1n) is 7.32. The molecule has 0 amide bonds. The third-order valence-electron chi connectivity index (χ3n) is 4.46. The van der Waals surface area contributed by atoms with Crippen molar-refractivity contribution in [2.24, 2.45) is 22.7 Å². The highest BCUT2D eigenvalue weighted by Gasteiger charge is 2.28. The van der Waals surface area contributed by atoms with E-state index >= 15 is 0 Å². The van der Waals surface area contributed by atoms with E-state index in [0.717, 1.165) is 30.5 Å². The predicted octanol–water partition coefficient (Wildman–Crippen LogP) is 2.65. The van der Waals surface area contributed by atoms with Crippen LogP contribution in [0.15, 0.2) is 29.4 Å². The molecular weight excluding hydrogens is 250 g/mol. The van der Waals surface area contributed by atoms with Crippen molar-refractivity contribution in [2.45, 2.75) is 39.8 Å². The Morgan fingerprint density at radius 2 is 1.95 bits per heavy atom. The highest BCUT2D eigenvalue weighted by atomic mass is 16.4. The summed E-state index contributed by atoms with van der Waals surface area (Å²) in [5.74, 6) is 1.66. The van der Waals surface area contributed by atoms with E-state index in [1.165, 1.54) is 12.0 Å². The Hall–Kier alpha value is -1.55. The largest absolute Gasteiger partial charge is 0.409 e. The lowest BCUT2D eigenvalue weighted by atomic mass is 9.86. The lowest BCUT2D eigenvalue weighted by Gasteiger charge is -2.41. The average molecular weight is 275 g/mol. The van der Waals surface area contributed by atoms with Crippen LogP contribution in [0.25, 0.3) is 0 Å². The molecule has 1 heterocycles. The number of hydrogen-bond acceptors (Lipinski definition) is 3. The summed E-state index contributed by atoms with van der Waals surface area (Å²) in [5.41, 5.74) is 7.60. The van der Waals surface area contributed by atoms with Crippen molar-refractivity contribution >= 4 is 5.84 Å². The van der Waals surface area contributed by atoms with Crippen LogP contribution < -0.4 is 5.73 Å².